The van der Waals surface area contributed by atoms with Crippen molar-refractivity contribution >= 4 is 21.4 Å². The third-order valence-electron chi connectivity index (χ3n) is 5.10. The molecule has 130 valence electrons. The quantitative estimate of drug-likeness (QED) is 0.831. The van der Waals surface area contributed by atoms with E-state index in [1.165, 1.54) is 37.0 Å². The molecule has 0 amide bonds. The van der Waals surface area contributed by atoms with Gasteiger partial charge in [-0.2, -0.15) is 4.31 Å². The van der Waals surface area contributed by atoms with Crippen LogP contribution in [0.4, 0.5) is 0 Å². The summed E-state index contributed by atoms with van der Waals surface area (Å²) in [6, 6.07) is 4.14. The SMILES string of the molecule is CCc1ccc(S(=O)(=O)N2CCCC(N3CCCCCC3)C2)s1. The van der Waals surface area contributed by atoms with Crippen LogP contribution in [0.2, 0.25) is 0 Å². The van der Waals surface area contributed by atoms with Gasteiger partial charge in [-0.15, -0.1) is 11.3 Å². The lowest BCUT2D eigenvalue weighted by Crippen LogP contribution is -2.49. The van der Waals surface area contributed by atoms with Gasteiger partial charge in [0.1, 0.15) is 4.21 Å². The minimum absolute atomic E-state index is 0.405. The van der Waals surface area contributed by atoms with E-state index in [0.29, 0.717) is 23.3 Å². The molecule has 0 aliphatic carbocycles. The molecule has 1 atom stereocenters. The molecule has 0 radical (unpaired) electrons. The molecule has 2 aliphatic rings. The molecule has 3 heterocycles. The van der Waals surface area contributed by atoms with Gasteiger partial charge in [0.25, 0.3) is 10.0 Å². The number of sulfonamides is 1. The average molecular weight is 357 g/mol. The van der Waals surface area contributed by atoms with Gasteiger partial charge in [0.2, 0.25) is 0 Å². The summed E-state index contributed by atoms with van der Waals surface area (Å²) in [5, 5.41) is 0. The van der Waals surface area contributed by atoms with Crippen LogP contribution < -0.4 is 0 Å². The second-order valence-corrected chi connectivity index (χ2v) is 10.0. The van der Waals surface area contributed by atoms with Gasteiger partial charge >= 0.3 is 0 Å². The first-order chi connectivity index (χ1) is 11.1. The van der Waals surface area contributed by atoms with Crippen molar-refractivity contribution in [3.63, 3.8) is 0 Å². The fourth-order valence-corrected chi connectivity index (χ4v) is 6.68. The summed E-state index contributed by atoms with van der Waals surface area (Å²) in [7, 11) is -3.31. The Labute approximate surface area is 144 Å². The van der Waals surface area contributed by atoms with E-state index < -0.39 is 10.0 Å². The molecule has 1 aromatic rings. The van der Waals surface area contributed by atoms with Crippen LogP contribution >= 0.6 is 11.3 Å². The van der Waals surface area contributed by atoms with Gasteiger partial charge < -0.3 is 0 Å². The number of likely N-dealkylation sites (tertiary alicyclic amines) is 1. The van der Waals surface area contributed by atoms with Crippen LogP contribution in [0.5, 0.6) is 0 Å². The van der Waals surface area contributed by atoms with Gasteiger partial charge in [-0.3, -0.25) is 4.90 Å². The van der Waals surface area contributed by atoms with Crippen LogP contribution in [0, 0.1) is 0 Å². The lowest BCUT2D eigenvalue weighted by atomic mass is 10.1. The summed E-state index contributed by atoms with van der Waals surface area (Å²) in [4.78, 5) is 3.69. The molecular weight excluding hydrogens is 328 g/mol. The van der Waals surface area contributed by atoms with Gasteiger partial charge in [0, 0.05) is 24.0 Å². The highest BCUT2D eigenvalue weighted by Gasteiger charge is 2.33. The highest BCUT2D eigenvalue weighted by Crippen LogP contribution is 2.29. The molecule has 2 saturated heterocycles. The zero-order valence-electron chi connectivity index (χ0n) is 14.0. The molecule has 0 bridgehead atoms. The number of hydrogen-bond acceptors (Lipinski definition) is 4. The van der Waals surface area contributed by atoms with E-state index >= 15 is 0 Å². The summed E-state index contributed by atoms with van der Waals surface area (Å²) >= 11 is 1.43. The molecule has 3 rings (SSSR count). The fourth-order valence-electron chi connectivity index (χ4n) is 3.71. The second kappa shape index (κ2) is 7.64. The van der Waals surface area contributed by atoms with Crippen LogP contribution in [0.15, 0.2) is 16.3 Å². The maximum Gasteiger partial charge on any atom is 0.252 e. The smallest absolute Gasteiger partial charge is 0.252 e. The van der Waals surface area contributed by atoms with Crippen LogP contribution in [0.25, 0.3) is 0 Å². The highest BCUT2D eigenvalue weighted by molar-refractivity contribution is 7.91. The van der Waals surface area contributed by atoms with E-state index in [4.69, 9.17) is 0 Å². The summed E-state index contributed by atoms with van der Waals surface area (Å²) in [5.41, 5.74) is 0. The predicted octanol–water partition coefficient (Wildman–Crippen LogP) is 3.34. The predicted molar refractivity (Wildman–Crippen MR) is 95.5 cm³/mol. The summed E-state index contributed by atoms with van der Waals surface area (Å²) in [6.45, 7) is 5.68. The summed E-state index contributed by atoms with van der Waals surface area (Å²) in [6.07, 6.45) is 8.17. The van der Waals surface area contributed by atoms with Crippen molar-refractivity contribution in [2.45, 2.75) is 62.1 Å². The molecule has 2 fully saturated rings. The Balaban J connectivity index is 1.71. The Morgan fingerprint density at radius 3 is 2.48 bits per heavy atom. The molecule has 0 N–H and O–H groups in total. The lowest BCUT2D eigenvalue weighted by Gasteiger charge is -2.38. The number of rotatable bonds is 4. The normalized spacial score (nSPS) is 25.3. The lowest BCUT2D eigenvalue weighted by molar-refractivity contribution is 0.139. The van der Waals surface area contributed by atoms with Crippen molar-refractivity contribution in [3.05, 3.63) is 17.0 Å². The number of hydrogen-bond donors (Lipinski definition) is 0. The number of nitrogens with zero attached hydrogens (tertiary/aromatic N) is 2. The molecule has 1 unspecified atom stereocenters. The topological polar surface area (TPSA) is 40.6 Å². The fraction of sp³-hybridized carbons (Fsp3) is 0.765. The maximum atomic E-state index is 12.9. The van der Waals surface area contributed by atoms with Crippen LogP contribution in [0.1, 0.15) is 50.3 Å². The molecule has 1 aromatic heterocycles. The Kier molecular flexibility index (Phi) is 5.78. The first kappa shape index (κ1) is 17.4. The number of thiophene rings is 1. The van der Waals surface area contributed by atoms with E-state index in [0.717, 1.165) is 37.2 Å². The zero-order valence-corrected chi connectivity index (χ0v) is 15.7. The molecule has 0 spiro atoms. The van der Waals surface area contributed by atoms with E-state index in [1.54, 1.807) is 10.4 Å². The second-order valence-electron chi connectivity index (χ2n) is 6.68. The van der Waals surface area contributed by atoms with E-state index in [2.05, 4.69) is 11.8 Å². The standard InChI is InChI=1S/C17H28N2O2S2/c1-2-16-9-10-17(22-16)23(20,21)19-13-7-8-15(14-19)18-11-5-3-4-6-12-18/h9-10,15H,2-8,11-14H2,1H3. The Bertz CT molecular complexity index is 604. The van der Waals surface area contributed by atoms with Crippen LogP contribution in [0.3, 0.4) is 0 Å². The van der Waals surface area contributed by atoms with Crippen molar-refractivity contribution < 1.29 is 8.42 Å². The van der Waals surface area contributed by atoms with Crippen molar-refractivity contribution in [2.24, 2.45) is 0 Å². The number of piperidine rings is 1. The molecular formula is C17H28N2O2S2. The monoisotopic (exact) mass is 356 g/mol. The van der Waals surface area contributed by atoms with Gasteiger partial charge in [-0.25, -0.2) is 8.42 Å². The Hall–Kier alpha value is -0.430. The number of aryl methyl sites for hydroxylation is 1. The van der Waals surface area contributed by atoms with E-state index in [-0.39, 0.29) is 0 Å². The Morgan fingerprint density at radius 2 is 1.83 bits per heavy atom. The summed E-state index contributed by atoms with van der Waals surface area (Å²) < 4.78 is 28.1. The van der Waals surface area contributed by atoms with Crippen LogP contribution in [-0.2, 0) is 16.4 Å². The van der Waals surface area contributed by atoms with Gasteiger partial charge in [0.05, 0.1) is 0 Å². The van der Waals surface area contributed by atoms with Crippen molar-refractivity contribution in [1.29, 1.82) is 0 Å². The first-order valence-electron chi connectivity index (χ1n) is 8.94. The van der Waals surface area contributed by atoms with Crippen molar-refractivity contribution in [1.82, 2.24) is 9.21 Å². The largest absolute Gasteiger partial charge is 0.299 e. The maximum absolute atomic E-state index is 12.9. The van der Waals surface area contributed by atoms with Crippen molar-refractivity contribution in [3.8, 4) is 0 Å². The molecule has 6 heteroatoms. The first-order valence-corrected chi connectivity index (χ1v) is 11.2. The van der Waals surface area contributed by atoms with Crippen LogP contribution in [-0.4, -0.2) is 49.8 Å². The molecule has 0 aromatic carbocycles. The minimum atomic E-state index is -3.31. The molecule has 4 nitrogen and oxygen atoms in total. The van der Waals surface area contributed by atoms with Gasteiger partial charge in [-0.05, 0) is 57.3 Å². The van der Waals surface area contributed by atoms with Gasteiger partial charge in [0.15, 0.2) is 0 Å². The van der Waals surface area contributed by atoms with E-state index in [1.807, 2.05) is 6.07 Å². The molecule has 0 saturated carbocycles. The summed E-state index contributed by atoms with van der Waals surface area (Å²) in [5.74, 6) is 0. The zero-order chi connectivity index (χ0) is 16.3. The van der Waals surface area contributed by atoms with E-state index in [9.17, 15) is 8.42 Å². The van der Waals surface area contributed by atoms with Gasteiger partial charge in [-0.1, -0.05) is 19.8 Å². The van der Waals surface area contributed by atoms with Crippen molar-refractivity contribution in [2.75, 3.05) is 26.2 Å². The minimum Gasteiger partial charge on any atom is -0.299 e. The third-order valence-corrected chi connectivity index (χ3v) is 8.66. The average Bonchev–Trinajstić information content (AvgIpc) is 2.90. The molecule has 2 aliphatic heterocycles. The highest BCUT2D eigenvalue weighted by atomic mass is 32.2. The Morgan fingerprint density at radius 1 is 1.09 bits per heavy atom. The third kappa shape index (κ3) is 3.98. The molecule has 23 heavy (non-hydrogen) atoms.